The van der Waals surface area contributed by atoms with E-state index in [4.69, 9.17) is 34.8 Å². The molecule has 0 saturated heterocycles. The molecule has 2 aromatic rings. The molecule has 2 aromatic carbocycles. The van der Waals surface area contributed by atoms with Crippen molar-refractivity contribution in [2.24, 2.45) is 0 Å². The number of amides is 1. The summed E-state index contributed by atoms with van der Waals surface area (Å²) in [5, 5.41) is 3.08. The van der Waals surface area contributed by atoms with E-state index in [1.165, 1.54) is 36.4 Å². The van der Waals surface area contributed by atoms with E-state index >= 15 is 0 Å². The number of ether oxygens (including phenoxy) is 1. The van der Waals surface area contributed by atoms with E-state index in [-0.39, 0.29) is 21.4 Å². The first-order valence-electron chi connectivity index (χ1n) is 5.87. The van der Waals surface area contributed by atoms with Crippen molar-refractivity contribution in [3.8, 4) is 5.75 Å². The molecule has 0 unspecified atom stereocenters. The molecule has 2 rings (SSSR count). The van der Waals surface area contributed by atoms with E-state index in [2.05, 4.69) is 10.1 Å². The summed E-state index contributed by atoms with van der Waals surface area (Å²) in [6.45, 7) is -2.98. The van der Waals surface area contributed by atoms with Crippen molar-refractivity contribution < 1.29 is 18.3 Å². The summed E-state index contributed by atoms with van der Waals surface area (Å²) in [5.41, 5.74) is 0.526. The number of hydrogen-bond donors (Lipinski definition) is 1. The van der Waals surface area contributed by atoms with Gasteiger partial charge in [-0.3, -0.25) is 4.79 Å². The van der Waals surface area contributed by atoms with Gasteiger partial charge in [-0.25, -0.2) is 0 Å². The summed E-state index contributed by atoms with van der Waals surface area (Å²) >= 11 is 17.5. The molecule has 0 radical (unpaired) electrons. The third kappa shape index (κ3) is 4.22. The first-order valence-corrected chi connectivity index (χ1v) is 7.01. The molecular weight excluding hydrogens is 359 g/mol. The Morgan fingerprint density at radius 2 is 1.77 bits per heavy atom. The van der Waals surface area contributed by atoms with Crippen molar-refractivity contribution >= 4 is 46.4 Å². The zero-order valence-electron chi connectivity index (χ0n) is 10.7. The molecule has 0 aromatic heterocycles. The minimum atomic E-state index is -2.98. The Kier molecular flexibility index (Phi) is 5.45. The van der Waals surface area contributed by atoms with Crippen LogP contribution in [-0.4, -0.2) is 12.5 Å². The minimum absolute atomic E-state index is 0.0553. The Morgan fingerprint density at radius 3 is 2.36 bits per heavy atom. The maximum Gasteiger partial charge on any atom is 0.387 e. The Morgan fingerprint density at radius 1 is 1.05 bits per heavy atom. The number of benzene rings is 2. The Labute approximate surface area is 139 Å². The lowest BCUT2D eigenvalue weighted by Crippen LogP contribution is -2.12. The monoisotopic (exact) mass is 365 g/mol. The van der Waals surface area contributed by atoms with Crippen molar-refractivity contribution in [2.75, 3.05) is 5.32 Å². The molecule has 1 N–H and O–H groups in total. The second-order valence-corrected chi connectivity index (χ2v) is 5.35. The number of rotatable bonds is 4. The van der Waals surface area contributed by atoms with E-state index in [1.54, 1.807) is 0 Å². The predicted octanol–water partition coefficient (Wildman–Crippen LogP) is 5.50. The number of halogens is 5. The highest BCUT2D eigenvalue weighted by Crippen LogP contribution is 2.29. The van der Waals surface area contributed by atoms with Crippen molar-refractivity contribution in [3.63, 3.8) is 0 Å². The summed E-state index contributed by atoms with van der Waals surface area (Å²) in [4.78, 5) is 12.1. The molecule has 0 bridgehead atoms. The maximum absolute atomic E-state index is 12.1. The molecule has 0 atom stereocenters. The standard InChI is InChI=1S/C14H8Cl3F2NO2/c15-7-1-3-9(10(16)5-7)13(21)20-8-2-4-12(11(17)6-8)22-14(18)19/h1-6,14H,(H,20,21). The van der Waals surface area contributed by atoms with Gasteiger partial charge in [-0.2, -0.15) is 8.78 Å². The first kappa shape index (κ1) is 16.8. The van der Waals surface area contributed by atoms with E-state index in [0.717, 1.165) is 0 Å². The molecule has 3 nitrogen and oxygen atoms in total. The molecule has 0 aliphatic heterocycles. The van der Waals surface area contributed by atoms with Gasteiger partial charge >= 0.3 is 6.61 Å². The molecule has 0 heterocycles. The second kappa shape index (κ2) is 7.13. The molecule has 0 aliphatic carbocycles. The van der Waals surface area contributed by atoms with Gasteiger partial charge in [0.25, 0.3) is 5.91 Å². The number of carbonyl (C=O) groups excluding carboxylic acids is 1. The smallest absolute Gasteiger partial charge is 0.387 e. The quantitative estimate of drug-likeness (QED) is 0.776. The zero-order valence-corrected chi connectivity index (χ0v) is 13.0. The topological polar surface area (TPSA) is 38.3 Å². The summed E-state index contributed by atoms with van der Waals surface area (Å²) in [7, 11) is 0. The number of hydrogen-bond acceptors (Lipinski definition) is 2. The number of alkyl halides is 2. The van der Waals surface area contributed by atoms with Crippen LogP contribution in [0.4, 0.5) is 14.5 Å². The average Bonchev–Trinajstić information content (AvgIpc) is 2.41. The van der Waals surface area contributed by atoms with Gasteiger partial charge in [0.1, 0.15) is 5.75 Å². The molecule has 116 valence electrons. The van der Waals surface area contributed by atoms with E-state index < -0.39 is 12.5 Å². The van der Waals surface area contributed by atoms with Gasteiger partial charge in [0.15, 0.2) is 0 Å². The highest BCUT2D eigenvalue weighted by molar-refractivity contribution is 6.37. The second-order valence-electron chi connectivity index (χ2n) is 4.10. The lowest BCUT2D eigenvalue weighted by atomic mass is 10.2. The molecule has 0 saturated carbocycles. The third-order valence-corrected chi connectivity index (χ3v) is 3.42. The Bertz CT molecular complexity index is 710. The van der Waals surface area contributed by atoms with Gasteiger partial charge in [-0.1, -0.05) is 34.8 Å². The van der Waals surface area contributed by atoms with Crippen LogP contribution in [0.5, 0.6) is 5.75 Å². The highest BCUT2D eigenvalue weighted by atomic mass is 35.5. The maximum atomic E-state index is 12.1. The first-order chi connectivity index (χ1) is 10.4. The predicted molar refractivity (Wildman–Crippen MR) is 82.5 cm³/mol. The summed E-state index contributed by atoms with van der Waals surface area (Å²) in [5.74, 6) is -0.667. The van der Waals surface area contributed by atoms with Crippen LogP contribution >= 0.6 is 34.8 Å². The molecule has 0 fully saturated rings. The molecule has 0 spiro atoms. The highest BCUT2D eigenvalue weighted by Gasteiger charge is 2.13. The van der Waals surface area contributed by atoms with E-state index in [1.807, 2.05) is 0 Å². The molecule has 8 heteroatoms. The van der Waals surface area contributed by atoms with Gasteiger partial charge in [-0.15, -0.1) is 0 Å². The lowest BCUT2D eigenvalue weighted by molar-refractivity contribution is -0.0497. The van der Waals surface area contributed by atoms with Crippen LogP contribution in [0.2, 0.25) is 15.1 Å². The van der Waals surface area contributed by atoms with Crippen LogP contribution in [0, 0.1) is 0 Å². The Hall–Kier alpha value is -1.56. The van der Waals surface area contributed by atoms with Crippen LogP contribution in [0.25, 0.3) is 0 Å². The number of anilines is 1. The Balaban J connectivity index is 2.16. The van der Waals surface area contributed by atoms with Crippen LogP contribution in [-0.2, 0) is 0 Å². The lowest BCUT2D eigenvalue weighted by Gasteiger charge is -2.10. The summed E-state index contributed by atoms with van der Waals surface area (Å²) in [6, 6.07) is 8.33. The number of nitrogens with one attached hydrogen (secondary N) is 1. The fourth-order valence-corrected chi connectivity index (χ4v) is 2.36. The zero-order chi connectivity index (χ0) is 16.3. The molecule has 1 amide bonds. The van der Waals surface area contributed by atoms with Crippen molar-refractivity contribution in [3.05, 3.63) is 57.0 Å². The number of carbonyl (C=O) groups is 1. The molecular formula is C14H8Cl3F2NO2. The molecule has 22 heavy (non-hydrogen) atoms. The van der Waals surface area contributed by atoms with E-state index in [0.29, 0.717) is 10.7 Å². The van der Waals surface area contributed by atoms with Crippen LogP contribution in [0.3, 0.4) is 0 Å². The fourth-order valence-electron chi connectivity index (χ4n) is 1.64. The van der Waals surface area contributed by atoms with Gasteiger partial charge < -0.3 is 10.1 Å². The summed E-state index contributed by atoms with van der Waals surface area (Å²) in [6.07, 6.45) is 0. The van der Waals surface area contributed by atoms with Crippen LogP contribution in [0.1, 0.15) is 10.4 Å². The normalized spacial score (nSPS) is 10.6. The van der Waals surface area contributed by atoms with Crippen LogP contribution < -0.4 is 10.1 Å². The average molecular weight is 367 g/mol. The van der Waals surface area contributed by atoms with Gasteiger partial charge in [-0.05, 0) is 36.4 Å². The van der Waals surface area contributed by atoms with Crippen molar-refractivity contribution in [1.29, 1.82) is 0 Å². The van der Waals surface area contributed by atoms with Gasteiger partial charge in [0.2, 0.25) is 0 Å². The fraction of sp³-hybridized carbons (Fsp3) is 0.0714. The van der Waals surface area contributed by atoms with Gasteiger partial charge in [0.05, 0.1) is 15.6 Å². The molecule has 0 aliphatic rings. The van der Waals surface area contributed by atoms with Crippen molar-refractivity contribution in [1.82, 2.24) is 0 Å². The van der Waals surface area contributed by atoms with Crippen LogP contribution in [0.15, 0.2) is 36.4 Å². The summed E-state index contributed by atoms with van der Waals surface area (Å²) < 4.78 is 28.5. The minimum Gasteiger partial charge on any atom is -0.433 e. The third-order valence-electron chi connectivity index (χ3n) is 2.58. The van der Waals surface area contributed by atoms with E-state index in [9.17, 15) is 13.6 Å². The van der Waals surface area contributed by atoms with Gasteiger partial charge in [0, 0.05) is 10.7 Å². The van der Waals surface area contributed by atoms with Crippen molar-refractivity contribution in [2.45, 2.75) is 6.61 Å². The SMILES string of the molecule is O=C(Nc1ccc(OC(F)F)c(Cl)c1)c1ccc(Cl)cc1Cl. The largest absolute Gasteiger partial charge is 0.433 e.